The Hall–Kier alpha value is -2.34. The van der Waals surface area contributed by atoms with Crippen LogP contribution in [0.4, 0.5) is 5.82 Å². The molecule has 0 unspecified atom stereocenters. The van der Waals surface area contributed by atoms with Gasteiger partial charge in [-0.1, -0.05) is 23.7 Å². The molecule has 0 spiro atoms. The highest BCUT2D eigenvalue weighted by Gasteiger charge is 2.22. The van der Waals surface area contributed by atoms with E-state index in [0.717, 1.165) is 31.7 Å². The lowest BCUT2D eigenvalue weighted by atomic mass is 9.99. The minimum absolute atomic E-state index is 0.175. The van der Waals surface area contributed by atoms with Crippen molar-refractivity contribution >= 4 is 23.3 Å². The van der Waals surface area contributed by atoms with Crippen LogP contribution in [0.15, 0.2) is 36.4 Å². The fraction of sp³-hybridized carbons (Fsp3) is 0.353. The summed E-state index contributed by atoms with van der Waals surface area (Å²) >= 11 is 6.12. The lowest BCUT2D eigenvalue weighted by Crippen LogP contribution is -2.38. The van der Waals surface area contributed by atoms with Crippen molar-refractivity contribution in [3.8, 4) is 5.75 Å². The number of ether oxygens (including phenoxy) is 1. The summed E-state index contributed by atoms with van der Waals surface area (Å²) in [4.78, 5) is 13.2. The highest BCUT2D eigenvalue weighted by Crippen LogP contribution is 2.26. The molecule has 1 atom stereocenters. The van der Waals surface area contributed by atoms with Gasteiger partial charge in [-0.05, 0) is 37.1 Å². The number of carbonyl (C=O) groups excluding carboxylic acids is 1. The molecule has 24 heavy (non-hydrogen) atoms. The predicted octanol–water partition coefficient (Wildman–Crippen LogP) is 2.52. The molecule has 1 aromatic carbocycles. The number of nitrogens with two attached hydrogens (primary N) is 1. The third-order valence-corrected chi connectivity index (χ3v) is 4.37. The van der Waals surface area contributed by atoms with Gasteiger partial charge in [0.15, 0.2) is 11.5 Å². The molecule has 1 aliphatic heterocycles. The molecule has 1 amide bonds. The van der Waals surface area contributed by atoms with E-state index in [2.05, 4.69) is 15.1 Å². The monoisotopic (exact) mass is 346 g/mol. The second kappa shape index (κ2) is 7.49. The fourth-order valence-corrected chi connectivity index (χ4v) is 2.99. The normalized spacial score (nSPS) is 17.5. The van der Waals surface area contributed by atoms with Crippen LogP contribution < -0.4 is 15.4 Å². The van der Waals surface area contributed by atoms with Gasteiger partial charge < -0.3 is 15.4 Å². The summed E-state index contributed by atoms with van der Waals surface area (Å²) in [6.45, 7) is 2.34. The Labute approximate surface area is 145 Å². The van der Waals surface area contributed by atoms with Gasteiger partial charge in [0.25, 0.3) is 5.91 Å². The first kappa shape index (κ1) is 16.5. The van der Waals surface area contributed by atoms with E-state index in [1.807, 2.05) is 24.3 Å². The summed E-state index contributed by atoms with van der Waals surface area (Å²) in [5.74, 6) is 1.27. The van der Waals surface area contributed by atoms with Gasteiger partial charge in [0, 0.05) is 19.0 Å². The number of anilines is 1. The number of benzene rings is 1. The summed E-state index contributed by atoms with van der Waals surface area (Å²) in [6.07, 6.45) is 2.14. The summed E-state index contributed by atoms with van der Waals surface area (Å²) in [7, 11) is 0. The zero-order valence-electron chi connectivity index (χ0n) is 13.2. The molecule has 2 aromatic rings. The molecule has 7 heteroatoms. The van der Waals surface area contributed by atoms with E-state index in [1.54, 1.807) is 12.1 Å². The quantitative estimate of drug-likeness (QED) is 0.899. The minimum atomic E-state index is -0.571. The number of para-hydroxylation sites is 1. The summed E-state index contributed by atoms with van der Waals surface area (Å²) in [6, 6.07) is 10.9. The van der Waals surface area contributed by atoms with Crippen molar-refractivity contribution in [2.45, 2.75) is 12.8 Å². The number of nitrogens with zero attached hydrogens (tertiary/aromatic N) is 3. The van der Waals surface area contributed by atoms with Crippen molar-refractivity contribution in [2.24, 2.45) is 11.7 Å². The second-order valence-electron chi connectivity index (χ2n) is 5.84. The maximum atomic E-state index is 11.1. The van der Waals surface area contributed by atoms with Gasteiger partial charge in [-0.15, -0.1) is 10.2 Å². The molecule has 0 aliphatic carbocycles. The number of hydrogen-bond acceptors (Lipinski definition) is 5. The lowest BCUT2D eigenvalue weighted by Gasteiger charge is -2.33. The number of hydrogen-bond donors (Lipinski definition) is 1. The first-order chi connectivity index (χ1) is 11.6. The summed E-state index contributed by atoms with van der Waals surface area (Å²) < 4.78 is 5.86. The van der Waals surface area contributed by atoms with Gasteiger partial charge in [-0.2, -0.15) is 0 Å². The average molecular weight is 347 g/mol. The molecular formula is C17H19ClN4O2. The van der Waals surface area contributed by atoms with E-state index in [4.69, 9.17) is 22.1 Å². The molecule has 6 nitrogen and oxygen atoms in total. The molecular weight excluding hydrogens is 328 g/mol. The van der Waals surface area contributed by atoms with Crippen LogP contribution in [-0.4, -0.2) is 35.8 Å². The summed E-state index contributed by atoms with van der Waals surface area (Å²) in [5, 5.41) is 8.60. The maximum Gasteiger partial charge on any atom is 0.269 e. The number of halogens is 1. The van der Waals surface area contributed by atoms with Crippen LogP contribution in [0.5, 0.6) is 5.75 Å². The Balaban J connectivity index is 1.60. The Morgan fingerprint density at radius 1 is 1.29 bits per heavy atom. The Morgan fingerprint density at radius 3 is 2.83 bits per heavy atom. The van der Waals surface area contributed by atoms with E-state index < -0.39 is 5.91 Å². The van der Waals surface area contributed by atoms with Gasteiger partial charge in [-0.3, -0.25) is 4.79 Å². The standard InChI is InChI=1S/C17H19ClN4O2/c18-13-5-1-2-6-15(13)24-11-12-4-3-9-22(10-12)16-8-7-14(17(19)23)20-21-16/h1-2,5-8,12H,3-4,9-11H2,(H2,19,23)/t12-/m0/s1. The molecule has 1 saturated heterocycles. The van der Waals surface area contributed by atoms with Crippen LogP contribution in [-0.2, 0) is 0 Å². The average Bonchev–Trinajstić information content (AvgIpc) is 2.61. The number of aromatic nitrogens is 2. The number of piperidine rings is 1. The van der Waals surface area contributed by atoms with Crippen molar-refractivity contribution in [1.29, 1.82) is 0 Å². The molecule has 0 bridgehead atoms. The first-order valence-electron chi connectivity index (χ1n) is 7.89. The number of primary amides is 1. The highest BCUT2D eigenvalue weighted by molar-refractivity contribution is 6.32. The fourth-order valence-electron chi connectivity index (χ4n) is 2.80. The van der Waals surface area contributed by atoms with Gasteiger partial charge in [-0.25, -0.2) is 0 Å². The smallest absolute Gasteiger partial charge is 0.269 e. The molecule has 1 aromatic heterocycles. The Morgan fingerprint density at radius 2 is 2.12 bits per heavy atom. The molecule has 2 N–H and O–H groups in total. The Bertz CT molecular complexity index is 708. The zero-order chi connectivity index (χ0) is 16.9. The molecule has 2 heterocycles. The third-order valence-electron chi connectivity index (χ3n) is 4.06. The molecule has 3 rings (SSSR count). The predicted molar refractivity (Wildman–Crippen MR) is 92.4 cm³/mol. The van der Waals surface area contributed by atoms with Crippen LogP contribution in [0.2, 0.25) is 5.02 Å². The van der Waals surface area contributed by atoms with Crippen molar-refractivity contribution in [3.05, 3.63) is 47.1 Å². The van der Waals surface area contributed by atoms with E-state index >= 15 is 0 Å². The van der Waals surface area contributed by atoms with E-state index in [0.29, 0.717) is 23.3 Å². The van der Waals surface area contributed by atoms with Crippen molar-refractivity contribution in [1.82, 2.24) is 10.2 Å². The van der Waals surface area contributed by atoms with Crippen LogP contribution in [0.1, 0.15) is 23.3 Å². The van der Waals surface area contributed by atoms with Gasteiger partial charge in [0.1, 0.15) is 5.75 Å². The highest BCUT2D eigenvalue weighted by atomic mass is 35.5. The molecule has 1 fully saturated rings. The van der Waals surface area contributed by atoms with Crippen LogP contribution in [0.25, 0.3) is 0 Å². The number of rotatable bonds is 5. The van der Waals surface area contributed by atoms with Crippen molar-refractivity contribution in [2.75, 3.05) is 24.6 Å². The molecule has 0 radical (unpaired) electrons. The minimum Gasteiger partial charge on any atom is -0.492 e. The maximum absolute atomic E-state index is 11.1. The van der Waals surface area contributed by atoms with Crippen molar-refractivity contribution in [3.63, 3.8) is 0 Å². The Kier molecular flexibility index (Phi) is 5.15. The van der Waals surface area contributed by atoms with E-state index in [9.17, 15) is 4.79 Å². The number of carbonyl (C=O) groups is 1. The SMILES string of the molecule is NC(=O)c1ccc(N2CCC[C@H](COc3ccccc3Cl)C2)nn1. The van der Waals surface area contributed by atoms with Crippen LogP contribution >= 0.6 is 11.6 Å². The third kappa shape index (κ3) is 3.94. The second-order valence-corrected chi connectivity index (χ2v) is 6.24. The van der Waals surface area contributed by atoms with E-state index in [1.165, 1.54) is 0 Å². The lowest BCUT2D eigenvalue weighted by molar-refractivity contribution is 0.0994. The topological polar surface area (TPSA) is 81.3 Å². The van der Waals surface area contributed by atoms with Crippen LogP contribution in [0, 0.1) is 5.92 Å². The number of amides is 1. The summed E-state index contributed by atoms with van der Waals surface area (Å²) in [5.41, 5.74) is 5.36. The first-order valence-corrected chi connectivity index (χ1v) is 8.27. The van der Waals surface area contributed by atoms with Crippen molar-refractivity contribution < 1.29 is 9.53 Å². The van der Waals surface area contributed by atoms with Gasteiger partial charge in [0.2, 0.25) is 0 Å². The van der Waals surface area contributed by atoms with E-state index in [-0.39, 0.29) is 5.69 Å². The molecule has 0 saturated carbocycles. The van der Waals surface area contributed by atoms with Crippen LogP contribution in [0.3, 0.4) is 0 Å². The molecule has 126 valence electrons. The van der Waals surface area contributed by atoms with Gasteiger partial charge in [0.05, 0.1) is 11.6 Å². The largest absolute Gasteiger partial charge is 0.492 e. The van der Waals surface area contributed by atoms with Gasteiger partial charge >= 0.3 is 0 Å². The molecule has 1 aliphatic rings. The zero-order valence-corrected chi connectivity index (χ0v) is 13.9.